The van der Waals surface area contributed by atoms with Crippen LogP contribution in [0, 0.1) is 13.8 Å². The summed E-state index contributed by atoms with van der Waals surface area (Å²) >= 11 is 3.80. The van der Waals surface area contributed by atoms with Crippen LogP contribution in [0.1, 0.15) is 87.0 Å². The molecule has 2 aromatic carbocycles. The van der Waals surface area contributed by atoms with Crippen LogP contribution in [0.3, 0.4) is 0 Å². The second-order valence-electron chi connectivity index (χ2n) is 12.4. The van der Waals surface area contributed by atoms with Crippen molar-refractivity contribution in [1.82, 2.24) is 19.9 Å². The number of rotatable bonds is 6. The zero-order valence-corrected chi connectivity index (χ0v) is 27.6. The average molecular weight is 635 g/mol. The molecule has 0 radical (unpaired) electrons. The number of nitrogens with one attached hydrogen (secondary N) is 2. The molecule has 4 atom stereocenters. The molecule has 0 unspecified atom stereocenters. The van der Waals surface area contributed by atoms with Crippen molar-refractivity contribution in [3.63, 3.8) is 0 Å². The maximum absolute atomic E-state index is 12.2. The van der Waals surface area contributed by atoms with Gasteiger partial charge in [-0.15, -0.1) is 0 Å². The van der Waals surface area contributed by atoms with Crippen LogP contribution >= 0.6 is 23.5 Å². The smallest absolute Gasteiger partial charge is 0.258 e. The number of hydrogen-bond donors (Lipinski definition) is 4. The van der Waals surface area contributed by atoms with Crippen LogP contribution in [-0.2, 0) is 11.5 Å². The summed E-state index contributed by atoms with van der Waals surface area (Å²) in [4.78, 5) is 39.5. The van der Waals surface area contributed by atoms with E-state index in [1.165, 1.54) is 38.5 Å². The lowest BCUT2D eigenvalue weighted by atomic mass is 10.1. The van der Waals surface area contributed by atoms with Gasteiger partial charge in [-0.3, -0.25) is 9.59 Å². The Hall–Kier alpha value is -2.66. The molecule has 0 aliphatic heterocycles. The number of H-pyrrole nitrogens is 2. The van der Waals surface area contributed by atoms with Crippen molar-refractivity contribution in [2.45, 2.75) is 112 Å². The van der Waals surface area contributed by atoms with E-state index in [1.807, 2.05) is 73.8 Å². The largest absolute Gasteiger partial charge is 0.328 e. The first-order chi connectivity index (χ1) is 21.3. The van der Waals surface area contributed by atoms with Gasteiger partial charge in [0.2, 0.25) is 0 Å². The van der Waals surface area contributed by atoms with Gasteiger partial charge in [-0.25, -0.2) is 9.97 Å². The van der Waals surface area contributed by atoms with Crippen molar-refractivity contribution in [2.75, 3.05) is 0 Å². The van der Waals surface area contributed by atoms with E-state index in [2.05, 4.69) is 19.9 Å². The number of aromatic amines is 2. The first-order valence-electron chi connectivity index (χ1n) is 16.0. The fourth-order valence-corrected chi connectivity index (χ4v) is 8.49. The molecular weight excluding hydrogens is 589 g/mol. The van der Waals surface area contributed by atoms with Gasteiger partial charge in [-0.2, -0.15) is 23.5 Å². The monoisotopic (exact) mass is 634 g/mol. The Bertz CT molecular complexity index is 1550. The number of benzene rings is 2. The van der Waals surface area contributed by atoms with Crippen LogP contribution in [0.4, 0.5) is 0 Å². The van der Waals surface area contributed by atoms with Crippen molar-refractivity contribution in [2.24, 2.45) is 11.5 Å². The Morgan fingerprint density at radius 3 is 1.52 bits per heavy atom. The lowest BCUT2D eigenvalue weighted by Gasteiger charge is -2.13. The van der Waals surface area contributed by atoms with E-state index in [-0.39, 0.29) is 11.1 Å². The first kappa shape index (κ1) is 32.7. The molecule has 6 rings (SSSR count). The summed E-state index contributed by atoms with van der Waals surface area (Å²) in [7, 11) is 0. The maximum Gasteiger partial charge on any atom is 0.258 e. The minimum atomic E-state index is -0.0350. The SMILES string of the molecule is Cc1cccc2c(=O)[nH]c(CS[C@H]3CCC[C@@H](N)CC3)nc12.Cc1cccc2c(=O)[nH]c(CS[C@H]3CCC[C@H](N)CC3)nc12. The van der Waals surface area contributed by atoms with Gasteiger partial charge in [0.05, 0.1) is 33.3 Å². The summed E-state index contributed by atoms with van der Waals surface area (Å²) in [5.74, 6) is 3.09. The molecule has 0 bridgehead atoms. The third kappa shape index (κ3) is 8.74. The molecule has 0 spiro atoms. The number of aromatic nitrogens is 4. The third-order valence-electron chi connectivity index (χ3n) is 8.81. The van der Waals surface area contributed by atoms with Crippen LogP contribution in [0.15, 0.2) is 46.0 Å². The van der Waals surface area contributed by atoms with Crippen LogP contribution in [0.2, 0.25) is 0 Å². The quantitative estimate of drug-likeness (QED) is 0.182. The highest BCUT2D eigenvalue weighted by Gasteiger charge is 2.19. The van der Waals surface area contributed by atoms with Gasteiger partial charge in [-0.1, -0.05) is 37.1 Å². The molecule has 2 aromatic heterocycles. The number of nitrogens with zero attached hydrogens (tertiary/aromatic N) is 2. The standard InChI is InChI=1S/2C17H23N3OS/c2*1-11-4-2-7-14-16(11)19-15(20-17(14)21)10-22-13-6-3-5-12(18)8-9-13/h2*2,4,7,12-13H,3,5-6,8-10,18H2,1H3,(H,19,20,21)/t12-,13+;12-,13-/m10/s1. The fraction of sp³-hybridized carbons (Fsp3) is 0.529. The van der Waals surface area contributed by atoms with Crippen LogP contribution in [-0.4, -0.2) is 42.5 Å². The van der Waals surface area contributed by atoms with E-state index >= 15 is 0 Å². The van der Waals surface area contributed by atoms with Gasteiger partial charge in [0, 0.05) is 22.6 Å². The predicted molar refractivity (Wildman–Crippen MR) is 186 cm³/mol. The molecule has 44 heavy (non-hydrogen) atoms. The Morgan fingerprint density at radius 1 is 0.659 bits per heavy atom. The summed E-state index contributed by atoms with van der Waals surface area (Å²) in [6, 6.07) is 12.2. The molecule has 0 saturated heterocycles. The van der Waals surface area contributed by atoms with E-state index < -0.39 is 0 Å². The third-order valence-corrected chi connectivity index (χ3v) is 11.6. The lowest BCUT2D eigenvalue weighted by Crippen LogP contribution is -2.18. The summed E-state index contributed by atoms with van der Waals surface area (Å²) < 4.78 is 0. The number of nitrogens with two attached hydrogens (primary N) is 2. The summed E-state index contributed by atoms with van der Waals surface area (Å²) in [6.45, 7) is 4.00. The number of fused-ring (bicyclic) bond motifs is 2. The molecule has 2 aliphatic rings. The van der Waals surface area contributed by atoms with Crippen molar-refractivity contribution in [1.29, 1.82) is 0 Å². The topological polar surface area (TPSA) is 144 Å². The van der Waals surface area contributed by atoms with Crippen molar-refractivity contribution in [3.05, 3.63) is 79.9 Å². The highest BCUT2D eigenvalue weighted by molar-refractivity contribution is 7.99. The van der Waals surface area contributed by atoms with Gasteiger partial charge in [0.25, 0.3) is 11.1 Å². The van der Waals surface area contributed by atoms with Gasteiger partial charge >= 0.3 is 0 Å². The zero-order valence-electron chi connectivity index (χ0n) is 25.9. The van der Waals surface area contributed by atoms with Crippen LogP contribution < -0.4 is 22.6 Å². The van der Waals surface area contributed by atoms with E-state index in [4.69, 9.17) is 11.5 Å². The molecule has 8 nitrogen and oxygen atoms in total. The molecule has 2 aliphatic carbocycles. The summed E-state index contributed by atoms with van der Waals surface area (Å²) in [5.41, 5.74) is 15.7. The lowest BCUT2D eigenvalue weighted by molar-refractivity contribution is 0.584. The van der Waals surface area contributed by atoms with Gasteiger partial charge in [-0.05, 0) is 88.5 Å². The number of aryl methyl sites for hydroxylation is 2. The average Bonchev–Trinajstić information content (AvgIpc) is 3.35. The molecule has 4 aromatic rings. The van der Waals surface area contributed by atoms with Crippen molar-refractivity contribution >= 4 is 45.3 Å². The van der Waals surface area contributed by atoms with Gasteiger partial charge < -0.3 is 21.4 Å². The predicted octanol–water partition coefficient (Wildman–Crippen LogP) is 6.25. The number of thioether (sulfide) groups is 2. The van der Waals surface area contributed by atoms with E-state index in [9.17, 15) is 9.59 Å². The second-order valence-corrected chi connectivity index (χ2v) is 14.9. The highest BCUT2D eigenvalue weighted by Crippen LogP contribution is 2.30. The summed E-state index contributed by atoms with van der Waals surface area (Å²) in [5, 5.41) is 2.61. The Balaban J connectivity index is 0.000000175. The Labute approximate surface area is 268 Å². The zero-order chi connectivity index (χ0) is 31.1. The van der Waals surface area contributed by atoms with Crippen LogP contribution in [0.25, 0.3) is 21.8 Å². The first-order valence-corrected chi connectivity index (χ1v) is 18.1. The Morgan fingerprint density at radius 2 is 1.09 bits per heavy atom. The van der Waals surface area contributed by atoms with Gasteiger partial charge in [0.1, 0.15) is 11.6 Å². The number of para-hydroxylation sites is 2. The molecular formula is C34H46N6O2S2. The highest BCUT2D eigenvalue weighted by atomic mass is 32.2. The number of hydrogen-bond acceptors (Lipinski definition) is 8. The second kappa shape index (κ2) is 15.6. The molecule has 236 valence electrons. The maximum atomic E-state index is 12.2. The van der Waals surface area contributed by atoms with E-state index in [0.717, 1.165) is 71.0 Å². The van der Waals surface area contributed by atoms with Crippen LogP contribution in [0.5, 0.6) is 0 Å². The molecule has 2 heterocycles. The van der Waals surface area contributed by atoms with Crippen molar-refractivity contribution < 1.29 is 0 Å². The molecule has 6 N–H and O–H groups in total. The molecule has 2 saturated carbocycles. The molecule has 2 fully saturated rings. The Kier molecular flexibility index (Phi) is 11.6. The normalized spacial score (nSPS) is 22.6. The minimum absolute atomic E-state index is 0.0350. The molecule has 10 heteroatoms. The van der Waals surface area contributed by atoms with Crippen molar-refractivity contribution in [3.8, 4) is 0 Å². The van der Waals surface area contributed by atoms with Gasteiger partial charge in [0.15, 0.2) is 0 Å². The van der Waals surface area contributed by atoms with E-state index in [0.29, 0.717) is 33.4 Å². The molecule has 0 amide bonds. The fourth-order valence-electron chi connectivity index (χ4n) is 6.16. The minimum Gasteiger partial charge on any atom is -0.328 e. The van der Waals surface area contributed by atoms with E-state index in [1.54, 1.807) is 0 Å². The summed E-state index contributed by atoms with van der Waals surface area (Å²) in [6.07, 6.45) is 11.7.